The zero-order valence-electron chi connectivity index (χ0n) is 18.7. The molecule has 35 heavy (non-hydrogen) atoms. The molecule has 1 aliphatic rings. The maximum atomic E-state index is 12.9. The second-order valence-electron chi connectivity index (χ2n) is 7.28. The first-order valence-corrected chi connectivity index (χ1v) is 12.0. The number of rotatable bonds is 7. The van der Waals surface area contributed by atoms with Gasteiger partial charge in [-0.3, -0.25) is 14.4 Å². The van der Waals surface area contributed by atoms with Gasteiger partial charge in [-0.2, -0.15) is 5.26 Å². The highest BCUT2D eigenvalue weighted by Gasteiger charge is 2.44. The minimum atomic E-state index is -1.32. The Hall–Kier alpha value is -3.62. The molecule has 0 aromatic heterocycles. The SMILES string of the molecule is COC(=O)c1ccc([C@H]2C(C#N)=C(SCC(=O)Nc3ccc(Br)cc3)NC(=O)[C@H]2C(=O)OC)cc1. The Morgan fingerprint density at radius 2 is 1.74 bits per heavy atom. The fourth-order valence-electron chi connectivity index (χ4n) is 3.49. The molecule has 2 aromatic rings. The molecule has 0 unspecified atom stereocenters. The van der Waals surface area contributed by atoms with E-state index in [1.807, 2.05) is 0 Å². The van der Waals surface area contributed by atoms with Gasteiger partial charge in [-0.1, -0.05) is 39.8 Å². The third kappa shape index (κ3) is 6.09. The van der Waals surface area contributed by atoms with Crippen LogP contribution in [0.15, 0.2) is 63.6 Å². The van der Waals surface area contributed by atoms with Gasteiger partial charge in [0.2, 0.25) is 11.8 Å². The highest BCUT2D eigenvalue weighted by Crippen LogP contribution is 2.40. The number of esters is 2. The van der Waals surface area contributed by atoms with Gasteiger partial charge in [0.1, 0.15) is 5.92 Å². The van der Waals surface area contributed by atoms with Crippen LogP contribution in [0.4, 0.5) is 5.69 Å². The fourth-order valence-corrected chi connectivity index (χ4v) is 4.60. The second kappa shape index (κ2) is 11.7. The van der Waals surface area contributed by atoms with Crippen LogP contribution in [0.3, 0.4) is 0 Å². The number of carbonyl (C=O) groups excluding carboxylic acids is 4. The standard InChI is InChI=1S/C24H20BrN3O6S/c1-33-23(31)14-5-3-13(4-6-14)19-17(11-26)22(28-21(30)20(19)24(32)34-2)35-12-18(29)27-16-9-7-15(25)8-10-16/h3-10,19-20H,12H2,1-2H3,(H,27,29)(H,28,30)/t19-,20-/m0/s1. The Morgan fingerprint density at radius 3 is 2.31 bits per heavy atom. The molecule has 2 amide bonds. The number of halogens is 1. The van der Waals surface area contributed by atoms with Gasteiger partial charge in [0.25, 0.3) is 0 Å². The molecule has 2 N–H and O–H groups in total. The molecule has 0 saturated carbocycles. The summed E-state index contributed by atoms with van der Waals surface area (Å²) in [7, 11) is 2.40. The van der Waals surface area contributed by atoms with Gasteiger partial charge >= 0.3 is 11.9 Å². The van der Waals surface area contributed by atoms with Crippen molar-refractivity contribution >= 4 is 57.1 Å². The van der Waals surface area contributed by atoms with Gasteiger partial charge in [-0.15, -0.1) is 0 Å². The van der Waals surface area contributed by atoms with E-state index >= 15 is 0 Å². The number of anilines is 1. The van der Waals surface area contributed by atoms with Crippen molar-refractivity contribution in [1.29, 1.82) is 5.26 Å². The lowest BCUT2D eigenvalue weighted by Gasteiger charge is -2.31. The van der Waals surface area contributed by atoms with Gasteiger partial charge in [-0.05, 0) is 42.0 Å². The Morgan fingerprint density at radius 1 is 1.09 bits per heavy atom. The molecule has 9 nitrogen and oxygen atoms in total. The molecule has 0 radical (unpaired) electrons. The van der Waals surface area contributed by atoms with Crippen molar-refractivity contribution < 1.29 is 28.7 Å². The van der Waals surface area contributed by atoms with Crippen LogP contribution in [0.2, 0.25) is 0 Å². The lowest BCUT2D eigenvalue weighted by atomic mass is 9.78. The van der Waals surface area contributed by atoms with Crippen molar-refractivity contribution in [3.05, 3.63) is 74.7 Å². The third-order valence-electron chi connectivity index (χ3n) is 5.15. The molecule has 3 rings (SSSR count). The minimum Gasteiger partial charge on any atom is -0.468 e. The third-order valence-corrected chi connectivity index (χ3v) is 6.70. The first kappa shape index (κ1) is 26.0. The Labute approximate surface area is 214 Å². The van der Waals surface area contributed by atoms with Crippen molar-refractivity contribution in [2.75, 3.05) is 25.3 Å². The van der Waals surface area contributed by atoms with Crippen LogP contribution < -0.4 is 10.6 Å². The van der Waals surface area contributed by atoms with Crippen LogP contribution >= 0.6 is 27.7 Å². The predicted molar refractivity (Wildman–Crippen MR) is 132 cm³/mol. The Balaban J connectivity index is 1.90. The topological polar surface area (TPSA) is 135 Å². The highest BCUT2D eigenvalue weighted by molar-refractivity contribution is 9.10. The first-order chi connectivity index (χ1) is 16.8. The summed E-state index contributed by atoms with van der Waals surface area (Å²) in [5.41, 5.74) is 1.42. The van der Waals surface area contributed by atoms with Crippen molar-refractivity contribution in [3.8, 4) is 6.07 Å². The second-order valence-corrected chi connectivity index (χ2v) is 9.18. The van der Waals surface area contributed by atoms with E-state index in [0.717, 1.165) is 23.3 Å². The summed E-state index contributed by atoms with van der Waals surface area (Å²) in [6, 6.07) is 15.1. The van der Waals surface area contributed by atoms with E-state index in [0.29, 0.717) is 11.3 Å². The number of nitrogens with one attached hydrogen (secondary N) is 2. The lowest BCUT2D eigenvalue weighted by molar-refractivity contribution is -0.150. The maximum absolute atomic E-state index is 12.9. The molecular formula is C24H20BrN3O6S. The van der Waals surface area contributed by atoms with E-state index in [9.17, 15) is 24.4 Å². The largest absolute Gasteiger partial charge is 0.468 e. The number of hydrogen-bond acceptors (Lipinski definition) is 8. The molecule has 0 saturated heterocycles. The molecule has 0 spiro atoms. The number of nitrogens with zero attached hydrogens (tertiary/aromatic N) is 1. The summed E-state index contributed by atoms with van der Waals surface area (Å²) in [6.07, 6.45) is 0. The molecule has 0 aliphatic carbocycles. The predicted octanol–water partition coefficient (Wildman–Crippen LogP) is 3.35. The molecule has 180 valence electrons. The summed E-state index contributed by atoms with van der Waals surface area (Å²) in [5.74, 6) is -4.74. The number of allylic oxidation sites excluding steroid dienone is 1. The molecule has 2 aromatic carbocycles. The number of thioether (sulfide) groups is 1. The van der Waals surface area contributed by atoms with E-state index in [4.69, 9.17) is 9.47 Å². The van der Waals surface area contributed by atoms with E-state index in [-0.39, 0.29) is 27.8 Å². The maximum Gasteiger partial charge on any atom is 0.337 e. The fraction of sp³-hybridized carbons (Fsp3) is 0.208. The van der Waals surface area contributed by atoms with Crippen LogP contribution in [-0.4, -0.2) is 43.7 Å². The summed E-state index contributed by atoms with van der Waals surface area (Å²) < 4.78 is 10.4. The quantitative estimate of drug-likeness (QED) is 0.391. The van der Waals surface area contributed by atoms with Gasteiger partial charge in [0.05, 0.1) is 42.2 Å². The number of amides is 2. The molecule has 0 bridgehead atoms. The van der Waals surface area contributed by atoms with E-state index in [2.05, 4.69) is 32.6 Å². The van der Waals surface area contributed by atoms with Crippen molar-refractivity contribution in [3.63, 3.8) is 0 Å². The van der Waals surface area contributed by atoms with Crippen molar-refractivity contribution in [1.82, 2.24) is 5.32 Å². The van der Waals surface area contributed by atoms with Crippen molar-refractivity contribution in [2.45, 2.75) is 5.92 Å². The van der Waals surface area contributed by atoms with E-state index < -0.39 is 29.7 Å². The molecular weight excluding hydrogens is 538 g/mol. The summed E-state index contributed by atoms with van der Waals surface area (Å²) in [6.45, 7) is 0. The van der Waals surface area contributed by atoms with Crippen LogP contribution in [0, 0.1) is 17.2 Å². The number of hydrogen-bond donors (Lipinski definition) is 2. The summed E-state index contributed by atoms with van der Waals surface area (Å²) >= 11 is 4.30. The number of ether oxygens (including phenoxy) is 2. The van der Waals surface area contributed by atoms with E-state index in [1.54, 1.807) is 36.4 Å². The van der Waals surface area contributed by atoms with E-state index in [1.165, 1.54) is 19.2 Å². The molecule has 1 heterocycles. The first-order valence-electron chi connectivity index (χ1n) is 10.2. The molecule has 1 aliphatic heterocycles. The molecule has 2 atom stereocenters. The van der Waals surface area contributed by atoms with Gasteiger partial charge < -0.3 is 20.1 Å². The normalized spacial score (nSPS) is 17.1. The average Bonchev–Trinajstić information content (AvgIpc) is 2.87. The van der Waals surface area contributed by atoms with Crippen LogP contribution in [-0.2, 0) is 23.9 Å². The van der Waals surface area contributed by atoms with Gasteiger partial charge in [0, 0.05) is 16.1 Å². The van der Waals surface area contributed by atoms with Crippen LogP contribution in [0.25, 0.3) is 0 Å². The number of carbonyl (C=O) groups is 4. The van der Waals surface area contributed by atoms with Gasteiger partial charge in [-0.25, -0.2) is 4.79 Å². The lowest BCUT2D eigenvalue weighted by Crippen LogP contribution is -2.44. The smallest absolute Gasteiger partial charge is 0.337 e. The zero-order chi connectivity index (χ0) is 25.5. The summed E-state index contributed by atoms with van der Waals surface area (Å²) in [4.78, 5) is 49.6. The molecule has 0 fully saturated rings. The van der Waals surface area contributed by atoms with Gasteiger partial charge in [0.15, 0.2) is 0 Å². The zero-order valence-corrected chi connectivity index (χ0v) is 21.1. The summed E-state index contributed by atoms with van der Waals surface area (Å²) in [5, 5.41) is 15.4. The minimum absolute atomic E-state index is 0.0895. The Kier molecular flexibility index (Phi) is 8.68. The highest BCUT2D eigenvalue weighted by atomic mass is 79.9. The number of methoxy groups -OCH3 is 2. The number of benzene rings is 2. The Bertz CT molecular complexity index is 1220. The number of nitriles is 1. The van der Waals surface area contributed by atoms with Crippen LogP contribution in [0.1, 0.15) is 21.8 Å². The molecule has 11 heteroatoms. The monoisotopic (exact) mass is 557 g/mol. The van der Waals surface area contributed by atoms with Crippen molar-refractivity contribution in [2.24, 2.45) is 5.92 Å². The van der Waals surface area contributed by atoms with Crippen LogP contribution in [0.5, 0.6) is 0 Å². The average molecular weight is 558 g/mol.